The fourth-order valence-corrected chi connectivity index (χ4v) is 1.79. The third-order valence-corrected chi connectivity index (χ3v) is 2.79. The average Bonchev–Trinajstić information content (AvgIpc) is 2.98. The van der Waals surface area contributed by atoms with Gasteiger partial charge in [-0.25, -0.2) is 4.79 Å². The largest absolute Gasteiger partial charge is 0.493 e. The van der Waals surface area contributed by atoms with Crippen molar-refractivity contribution in [3.05, 3.63) is 42.2 Å². The van der Waals surface area contributed by atoms with Gasteiger partial charge in [0.1, 0.15) is 23.7 Å². The maximum Gasteiger partial charge on any atom is 0.339 e. The zero-order valence-corrected chi connectivity index (χ0v) is 11.9. The zero-order valence-electron chi connectivity index (χ0n) is 11.9. The SMILES string of the molecule is CCCOc1ccc(C(=O)O)c(OCCn2cccn2)c1. The quantitative estimate of drug-likeness (QED) is 0.808. The number of rotatable bonds is 8. The smallest absolute Gasteiger partial charge is 0.339 e. The molecule has 112 valence electrons. The Bertz CT molecular complexity index is 581. The number of benzene rings is 1. The van der Waals surface area contributed by atoms with E-state index >= 15 is 0 Å². The molecule has 1 N–H and O–H groups in total. The standard InChI is InChI=1S/C15H18N2O4/c1-2-9-20-12-4-5-13(15(18)19)14(11-12)21-10-8-17-7-3-6-16-17/h3-7,11H,2,8-10H2,1H3,(H,18,19). The lowest BCUT2D eigenvalue weighted by Crippen LogP contribution is -2.11. The monoisotopic (exact) mass is 290 g/mol. The minimum atomic E-state index is -1.02. The summed E-state index contributed by atoms with van der Waals surface area (Å²) in [6, 6.07) is 6.57. The van der Waals surface area contributed by atoms with Crippen LogP contribution in [-0.2, 0) is 6.54 Å². The van der Waals surface area contributed by atoms with Crippen molar-refractivity contribution in [2.45, 2.75) is 19.9 Å². The summed E-state index contributed by atoms with van der Waals surface area (Å²) in [5, 5.41) is 13.2. The van der Waals surface area contributed by atoms with Crippen LogP contribution in [0, 0.1) is 0 Å². The Morgan fingerprint density at radius 2 is 2.19 bits per heavy atom. The van der Waals surface area contributed by atoms with E-state index in [1.165, 1.54) is 6.07 Å². The Hall–Kier alpha value is -2.50. The van der Waals surface area contributed by atoms with Crippen LogP contribution < -0.4 is 9.47 Å². The van der Waals surface area contributed by atoms with Crippen LogP contribution in [-0.4, -0.2) is 34.1 Å². The molecular weight excluding hydrogens is 272 g/mol. The molecule has 0 aliphatic carbocycles. The van der Waals surface area contributed by atoms with E-state index in [9.17, 15) is 9.90 Å². The highest BCUT2D eigenvalue weighted by atomic mass is 16.5. The minimum Gasteiger partial charge on any atom is -0.493 e. The molecule has 0 atom stereocenters. The first-order chi connectivity index (χ1) is 10.2. The van der Waals surface area contributed by atoms with Crippen molar-refractivity contribution in [2.24, 2.45) is 0 Å². The van der Waals surface area contributed by atoms with Crippen LogP contribution in [0.3, 0.4) is 0 Å². The molecule has 1 aromatic carbocycles. The molecule has 0 radical (unpaired) electrons. The van der Waals surface area contributed by atoms with E-state index in [4.69, 9.17) is 9.47 Å². The van der Waals surface area contributed by atoms with Gasteiger partial charge in [-0.05, 0) is 24.6 Å². The lowest BCUT2D eigenvalue weighted by molar-refractivity contribution is 0.0692. The summed E-state index contributed by atoms with van der Waals surface area (Å²) in [6.07, 6.45) is 4.39. The predicted octanol–water partition coefficient (Wildman–Crippen LogP) is 2.45. The van der Waals surface area contributed by atoms with Gasteiger partial charge in [0.25, 0.3) is 0 Å². The molecule has 0 saturated heterocycles. The molecule has 0 bridgehead atoms. The Labute approximate surface area is 122 Å². The first-order valence-electron chi connectivity index (χ1n) is 6.81. The molecule has 0 unspecified atom stereocenters. The highest BCUT2D eigenvalue weighted by molar-refractivity contribution is 5.91. The topological polar surface area (TPSA) is 73.6 Å². The van der Waals surface area contributed by atoms with Gasteiger partial charge in [0, 0.05) is 18.5 Å². The van der Waals surface area contributed by atoms with E-state index in [0.29, 0.717) is 31.3 Å². The van der Waals surface area contributed by atoms with Crippen LogP contribution in [0.2, 0.25) is 0 Å². The Morgan fingerprint density at radius 1 is 1.33 bits per heavy atom. The highest BCUT2D eigenvalue weighted by Crippen LogP contribution is 2.25. The number of aromatic nitrogens is 2. The maximum absolute atomic E-state index is 11.2. The zero-order chi connectivity index (χ0) is 15.1. The van der Waals surface area contributed by atoms with Crippen LogP contribution in [0.5, 0.6) is 11.5 Å². The molecule has 1 heterocycles. The summed E-state index contributed by atoms with van der Waals surface area (Å²) in [5.74, 6) is -0.106. The summed E-state index contributed by atoms with van der Waals surface area (Å²) in [4.78, 5) is 11.2. The number of nitrogens with zero attached hydrogens (tertiary/aromatic N) is 2. The second-order valence-corrected chi connectivity index (χ2v) is 4.43. The highest BCUT2D eigenvalue weighted by Gasteiger charge is 2.12. The van der Waals surface area contributed by atoms with Gasteiger partial charge in [0.15, 0.2) is 0 Å². The average molecular weight is 290 g/mol. The molecular formula is C15H18N2O4. The van der Waals surface area contributed by atoms with Gasteiger partial charge in [-0.2, -0.15) is 5.10 Å². The molecule has 2 aromatic rings. The first-order valence-corrected chi connectivity index (χ1v) is 6.81. The van der Waals surface area contributed by atoms with Crippen molar-refractivity contribution >= 4 is 5.97 Å². The molecule has 0 aliphatic rings. The molecule has 6 heteroatoms. The molecule has 1 aromatic heterocycles. The molecule has 21 heavy (non-hydrogen) atoms. The summed E-state index contributed by atoms with van der Waals surface area (Å²) in [7, 11) is 0. The fraction of sp³-hybridized carbons (Fsp3) is 0.333. The van der Waals surface area contributed by atoms with Crippen LogP contribution >= 0.6 is 0 Å². The van der Waals surface area contributed by atoms with Crippen LogP contribution in [0.25, 0.3) is 0 Å². The van der Waals surface area contributed by atoms with Crippen LogP contribution in [0.4, 0.5) is 0 Å². The van der Waals surface area contributed by atoms with E-state index < -0.39 is 5.97 Å². The number of ether oxygens (including phenoxy) is 2. The van der Waals surface area contributed by atoms with Gasteiger partial charge < -0.3 is 14.6 Å². The van der Waals surface area contributed by atoms with E-state index in [2.05, 4.69) is 5.10 Å². The molecule has 0 saturated carbocycles. The van der Waals surface area contributed by atoms with Crippen molar-refractivity contribution in [3.8, 4) is 11.5 Å². The minimum absolute atomic E-state index is 0.124. The molecule has 0 amide bonds. The number of aromatic carboxylic acids is 1. The van der Waals surface area contributed by atoms with E-state index in [0.717, 1.165) is 6.42 Å². The second-order valence-electron chi connectivity index (χ2n) is 4.43. The lowest BCUT2D eigenvalue weighted by atomic mass is 10.2. The van der Waals surface area contributed by atoms with Crippen molar-refractivity contribution in [1.29, 1.82) is 0 Å². The van der Waals surface area contributed by atoms with Gasteiger partial charge in [-0.1, -0.05) is 6.92 Å². The third kappa shape index (κ3) is 4.24. The summed E-state index contributed by atoms with van der Waals surface area (Å²) < 4.78 is 12.8. The van der Waals surface area contributed by atoms with Gasteiger partial charge in [-0.15, -0.1) is 0 Å². The predicted molar refractivity (Wildman–Crippen MR) is 76.9 cm³/mol. The summed E-state index contributed by atoms with van der Waals surface area (Å²) in [5.41, 5.74) is 0.124. The second kappa shape index (κ2) is 7.33. The number of hydrogen-bond acceptors (Lipinski definition) is 4. The molecule has 0 fully saturated rings. The van der Waals surface area contributed by atoms with Crippen LogP contribution in [0.15, 0.2) is 36.7 Å². The van der Waals surface area contributed by atoms with Gasteiger partial charge >= 0.3 is 5.97 Å². The van der Waals surface area contributed by atoms with Crippen molar-refractivity contribution in [3.63, 3.8) is 0 Å². The summed E-state index contributed by atoms with van der Waals surface area (Å²) >= 11 is 0. The van der Waals surface area contributed by atoms with Crippen molar-refractivity contribution in [1.82, 2.24) is 9.78 Å². The van der Waals surface area contributed by atoms with E-state index in [1.807, 2.05) is 19.2 Å². The van der Waals surface area contributed by atoms with Crippen molar-refractivity contribution in [2.75, 3.05) is 13.2 Å². The molecule has 0 aliphatic heterocycles. The number of hydrogen-bond donors (Lipinski definition) is 1. The molecule has 2 rings (SSSR count). The fourth-order valence-electron chi connectivity index (χ4n) is 1.79. The summed E-state index contributed by atoms with van der Waals surface area (Å²) in [6.45, 7) is 3.47. The van der Waals surface area contributed by atoms with E-state index in [-0.39, 0.29) is 5.56 Å². The molecule has 0 spiro atoms. The van der Waals surface area contributed by atoms with Gasteiger partial charge in [0.2, 0.25) is 0 Å². The van der Waals surface area contributed by atoms with Crippen LogP contribution in [0.1, 0.15) is 23.7 Å². The number of carboxylic acid groups (broad SMARTS) is 1. The van der Waals surface area contributed by atoms with Gasteiger partial charge in [0.05, 0.1) is 13.2 Å². The van der Waals surface area contributed by atoms with E-state index in [1.54, 1.807) is 23.0 Å². The van der Waals surface area contributed by atoms with Crippen molar-refractivity contribution < 1.29 is 19.4 Å². The third-order valence-electron chi connectivity index (χ3n) is 2.79. The Kier molecular flexibility index (Phi) is 5.20. The molecule has 6 nitrogen and oxygen atoms in total. The first kappa shape index (κ1) is 14.9. The number of carbonyl (C=O) groups is 1. The Balaban J connectivity index is 2.04. The lowest BCUT2D eigenvalue weighted by Gasteiger charge is -2.12. The van der Waals surface area contributed by atoms with Gasteiger partial charge in [-0.3, -0.25) is 4.68 Å². The number of carboxylic acids is 1. The normalized spacial score (nSPS) is 10.3. The maximum atomic E-state index is 11.2. The Morgan fingerprint density at radius 3 is 2.86 bits per heavy atom.